The van der Waals surface area contributed by atoms with Gasteiger partial charge in [-0.3, -0.25) is 14.2 Å². The molecule has 0 radical (unpaired) electrons. The highest BCUT2D eigenvalue weighted by Gasteiger charge is 2.21. The first-order valence-corrected chi connectivity index (χ1v) is 22.8. The van der Waals surface area contributed by atoms with E-state index >= 15 is 0 Å². The third-order valence-corrected chi connectivity index (χ3v) is 9.38. The fourth-order valence-electron chi connectivity index (χ4n) is 5.08. The minimum atomic E-state index is -4.65. The van der Waals surface area contributed by atoms with Crippen LogP contribution in [-0.2, 0) is 32.7 Å². The number of esters is 2. The van der Waals surface area contributed by atoms with Crippen LogP contribution in [0.15, 0.2) is 85.1 Å². The van der Waals surface area contributed by atoms with E-state index in [1.165, 1.54) is 25.7 Å². The van der Waals surface area contributed by atoms with Crippen molar-refractivity contribution < 1.29 is 42.1 Å². The molecule has 0 amide bonds. The molecule has 56 heavy (non-hydrogen) atoms. The SMILES string of the molecule is CC/C=C\C/C=C\C/C=C\C/C=C\C/C=C\C/C=C\CCC(=O)OC[C@H](COP(=O)([O-])OCC[N+](C)(C)C)OC(=O)CCCCCCC/C=C\CCCCCC. The van der Waals surface area contributed by atoms with Gasteiger partial charge in [0, 0.05) is 12.8 Å². The molecule has 0 saturated heterocycles. The summed E-state index contributed by atoms with van der Waals surface area (Å²) in [6.07, 6.45) is 47.7. The van der Waals surface area contributed by atoms with E-state index in [1.54, 1.807) is 0 Å². The average Bonchev–Trinajstić information content (AvgIpc) is 3.15. The van der Waals surface area contributed by atoms with E-state index in [0.29, 0.717) is 23.9 Å². The Morgan fingerprint density at radius 3 is 1.59 bits per heavy atom. The van der Waals surface area contributed by atoms with E-state index in [9.17, 15) is 19.0 Å². The summed E-state index contributed by atoms with van der Waals surface area (Å²) in [4.78, 5) is 37.4. The van der Waals surface area contributed by atoms with Gasteiger partial charge >= 0.3 is 11.9 Å². The largest absolute Gasteiger partial charge is 0.756 e. The molecular formula is C46H78NO8P. The number of nitrogens with zero attached hydrogens (tertiary/aromatic N) is 1. The van der Waals surface area contributed by atoms with Crippen LogP contribution in [0.4, 0.5) is 0 Å². The molecule has 2 atom stereocenters. The summed E-state index contributed by atoms with van der Waals surface area (Å²) in [6.45, 7) is 3.97. The molecule has 320 valence electrons. The van der Waals surface area contributed by atoms with Gasteiger partial charge < -0.3 is 27.9 Å². The zero-order chi connectivity index (χ0) is 41.4. The smallest absolute Gasteiger partial charge is 0.306 e. The number of unbranched alkanes of at least 4 members (excludes halogenated alkanes) is 9. The number of rotatable bonds is 37. The maximum atomic E-state index is 12.6. The normalized spacial score (nSPS) is 14.5. The van der Waals surface area contributed by atoms with Crippen LogP contribution in [0, 0.1) is 0 Å². The molecule has 0 rings (SSSR count). The Bertz CT molecular complexity index is 1230. The van der Waals surface area contributed by atoms with Crippen molar-refractivity contribution in [2.45, 2.75) is 148 Å². The number of quaternary nitrogens is 1. The van der Waals surface area contributed by atoms with E-state index < -0.39 is 32.5 Å². The first-order chi connectivity index (χ1) is 27.0. The van der Waals surface area contributed by atoms with Crippen LogP contribution in [0.1, 0.15) is 142 Å². The number of phosphoric ester groups is 1. The summed E-state index contributed by atoms with van der Waals surface area (Å²) < 4.78 is 33.7. The third-order valence-electron chi connectivity index (χ3n) is 8.41. The van der Waals surface area contributed by atoms with Gasteiger partial charge in [-0.2, -0.15) is 0 Å². The molecule has 0 N–H and O–H groups in total. The van der Waals surface area contributed by atoms with Crippen LogP contribution in [0.2, 0.25) is 0 Å². The van der Waals surface area contributed by atoms with Gasteiger partial charge in [-0.1, -0.05) is 137 Å². The Balaban J connectivity index is 4.52. The van der Waals surface area contributed by atoms with Gasteiger partial charge in [0.1, 0.15) is 19.8 Å². The second kappa shape index (κ2) is 37.7. The minimum Gasteiger partial charge on any atom is -0.756 e. The Morgan fingerprint density at radius 1 is 0.571 bits per heavy atom. The molecule has 0 aromatic heterocycles. The maximum absolute atomic E-state index is 12.6. The summed E-state index contributed by atoms with van der Waals surface area (Å²) in [5.74, 6) is -0.952. The van der Waals surface area contributed by atoms with Crippen molar-refractivity contribution in [3.8, 4) is 0 Å². The van der Waals surface area contributed by atoms with Crippen molar-refractivity contribution in [2.24, 2.45) is 0 Å². The van der Waals surface area contributed by atoms with Crippen molar-refractivity contribution in [1.82, 2.24) is 0 Å². The van der Waals surface area contributed by atoms with Crippen molar-refractivity contribution in [3.05, 3.63) is 85.1 Å². The first-order valence-electron chi connectivity index (χ1n) is 21.3. The Hall–Kier alpha value is -2.81. The van der Waals surface area contributed by atoms with E-state index in [4.69, 9.17) is 18.5 Å². The topological polar surface area (TPSA) is 111 Å². The predicted molar refractivity (Wildman–Crippen MR) is 231 cm³/mol. The van der Waals surface area contributed by atoms with Crippen molar-refractivity contribution in [2.75, 3.05) is 47.5 Å². The van der Waals surface area contributed by atoms with Gasteiger partial charge in [0.25, 0.3) is 7.82 Å². The molecule has 0 saturated carbocycles. The summed E-state index contributed by atoms with van der Waals surface area (Å²) in [5.41, 5.74) is 0. The van der Waals surface area contributed by atoms with Crippen LogP contribution in [0.3, 0.4) is 0 Å². The molecule has 0 aliphatic heterocycles. The molecule has 0 aromatic rings. The summed E-state index contributed by atoms with van der Waals surface area (Å²) >= 11 is 0. The van der Waals surface area contributed by atoms with Gasteiger partial charge in [0.2, 0.25) is 0 Å². The van der Waals surface area contributed by atoms with Crippen molar-refractivity contribution >= 4 is 19.8 Å². The molecule has 0 fully saturated rings. The summed E-state index contributed by atoms with van der Waals surface area (Å²) in [6, 6.07) is 0. The highest BCUT2D eigenvalue weighted by atomic mass is 31.2. The fourth-order valence-corrected chi connectivity index (χ4v) is 5.81. The Morgan fingerprint density at radius 2 is 1.05 bits per heavy atom. The van der Waals surface area contributed by atoms with Crippen LogP contribution < -0.4 is 4.89 Å². The van der Waals surface area contributed by atoms with Gasteiger partial charge in [0.15, 0.2) is 6.10 Å². The molecular weight excluding hydrogens is 725 g/mol. The summed E-state index contributed by atoms with van der Waals surface area (Å²) in [5, 5.41) is 0. The molecule has 0 aliphatic rings. The number of carbonyl (C=O) groups is 2. The first kappa shape index (κ1) is 53.2. The monoisotopic (exact) mass is 804 g/mol. The molecule has 0 bridgehead atoms. The molecule has 0 heterocycles. The number of hydrogen-bond acceptors (Lipinski definition) is 8. The minimum absolute atomic E-state index is 0.0480. The van der Waals surface area contributed by atoms with Crippen LogP contribution >= 0.6 is 7.82 Å². The second-order valence-electron chi connectivity index (χ2n) is 15.0. The highest BCUT2D eigenvalue weighted by Crippen LogP contribution is 2.38. The molecule has 0 aromatic carbocycles. The third kappa shape index (κ3) is 40.8. The highest BCUT2D eigenvalue weighted by molar-refractivity contribution is 7.45. The van der Waals surface area contributed by atoms with Crippen molar-refractivity contribution in [3.63, 3.8) is 0 Å². The van der Waals surface area contributed by atoms with Gasteiger partial charge in [-0.05, 0) is 77.0 Å². The van der Waals surface area contributed by atoms with E-state index in [0.717, 1.165) is 77.0 Å². The number of carbonyl (C=O) groups excluding carboxylic acids is 2. The van der Waals surface area contributed by atoms with Gasteiger partial charge in [0.05, 0.1) is 27.7 Å². The number of hydrogen-bond donors (Lipinski definition) is 0. The van der Waals surface area contributed by atoms with Crippen LogP contribution in [0.5, 0.6) is 0 Å². The molecule has 1 unspecified atom stereocenters. The number of allylic oxidation sites excluding steroid dienone is 14. The Kier molecular flexibility index (Phi) is 35.9. The summed E-state index contributed by atoms with van der Waals surface area (Å²) in [7, 11) is 1.11. The fraction of sp³-hybridized carbons (Fsp3) is 0.652. The van der Waals surface area contributed by atoms with E-state index in [-0.39, 0.29) is 26.1 Å². The second-order valence-corrected chi connectivity index (χ2v) is 16.4. The molecule has 9 nitrogen and oxygen atoms in total. The molecule has 0 aliphatic carbocycles. The van der Waals surface area contributed by atoms with E-state index in [2.05, 4.69) is 86.8 Å². The number of phosphoric acid groups is 1. The number of ether oxygens (including phenoxy) is 2. The standard InChI is InChI=1S/C46H78NO8P/c1-6-8-10-12-14-16-18-20-21-22-23-24-25-27-28-30-32-34-36-38-45(48)52-42-44(43-54-56(50,51)53-41-40-47(3,4)5)55-46(49)39-37-35-33-31-29-26-19-17-15-13-11-9-7-2/h8,10,14,16-17,19-21,23-24,27-28,32,34,44H,6-7,9,11-13,15,18,22,25-26,29-31,33,35-43H2,1-5H3/b10-8-,16-14-,19-17-,21-20-,24-23-,28-27-,34-32-/t44-/m1/s1. The lowest BCUT2D eigenvalue weighted by Gasteiger charge is -2.28. The molecule has 10 heteroatoms. The zero-order valence-corrected chi connectivity index (χ0v) is 36.7. The quantitative estimate of drug-likeness (QED) is 0.0201. The van der Waals surface area contributed by atoms with Gasteiger partial charge in [-0.15, -0.1) is 0 Å². The van der Waals surface area contributed by atoms with Crippen LogP contribution in [0.25, 0.3) is 0 Å². The molecule has 0 spiro atoms. The number of likely N-dealkylation sites (N-methyl/N-ethyl adjacent to an activating group) is 1. The predicted octanol–water partition coefficient (Wildman–Crippen LogP) is 11.4. The lowest BCUT2D eigenvalue weighted by Crippen LogP contribution is -2.37. The zero-order valence-electron chi connectivity index (χ0n) is 35.8. The Labute approximate surface area is 341 Å². The van der Waals surface area contributed by atoms with Gasteiger partial charge in [-0.25, -0.2) is 0 Å². The average molecular weight is 804 g/mol. The van der Waals surface area contributed by atoms with Crippen LogP contribution in [-0.4, -0.2) is 70.0 Å². The van der Waals surface area contributed by atoms with Crippen molar-refractivity contribution in [1.29, 1.82) is 0 Å². The lowest BCUT2D eigenvalue weighted by atomic mass is 10.1. The lowest BCUT2D eigenvalue weighted by molar-refractivity contribution is -0.870. The van der Waals surface area contributed by atoms with E-state index in [1.807, 2.05) is 33.3 Å². The maximum Gasteiger partial charge on any atom is 0.306 e.